The van der Waals surface area contributed by atoms with Crippen LogP contribution in [0.2, 0.25) is 0 Å². The Bertz CT molecular complexity index is 7340. The first kappa shape index (κ1) is 77.5. The van der Waals surface area contributed by atoms with E-state index in [1.54, 1.807) is 0 Å². The first-order valence-electron chi connectivity index (χ1n) is 42.1. The van der Waals surface area contributed by atoms with Gasteiger partial charge in [0.15, 0.2) is 17.3 Å². The van der Waals surface area contributed by atoms with Gasteiger partial charge in [-0.05, 0) is 197 Å². The van der Waals surface area contributed by atoms with Gasteiger partial charge in [0.05, 0.1) is 0 Å². The Morgan fingerprint density at radius 1 is 0.119 bits per heavy atom. The van der Waals surface area contributed by atoms with Crippen LogP contribution in [0.4, 0.5) is 0 Å². The van der Waals surface area contributed by atoms with Crippen LogP contribution in [-0.2, 0) is 14.4 Å². The van der Waals surface area contributed by atoms with E-state index in [2.05, 4.69) is 157 Å². The Morgan fingerprint density at radius 2 is 0.246 bits per heavy atom. The molecule has 3 aliphatic carbocycles. The molecule has 0 heterocycles. The van der Waals surface area contributed by atoms with Crippen LogP contribution in [0.3, 0.4) is 0 Å². The lowest BCUT2D eigenvalue weighted by Gasteiger charge is -2.16. The molecule has 0 aliphatic heterocycles. The van der Waals surface area contributed by atoms with Crippen molar-refractivity contribution in [3.8, 4) is 80.1 Å². The summed E-state index contributed by atoms with van der Waals surface area (Å²) in [5.41, 5.74) is 28.2. The second kappa shape index (κ2) is 34.9. The Hall–Kier alpha value is -17.1. The van der Waals surface area contributed by atoms with Gasteiger partial charge in [-0.1, -0.05) is 388 Å². The zero-order valence-electron chi connectivity index (χ0n) is 68.4. The molecule has 0 aromatic heterocycles. The lowest BCUT2D eigenvalue weighted by molar-refractivity contribution is -0.109. The standard InChI is InChI=1S/C121H76O5/c122-119-113(91-35-19-6-20-36-91)107(94-49-45-83(46-50-94)43-41-81-25-9-1-10-26-81)111(117(119)101-61-55-89(56-62-101)86-31-15-4-16-32-86)98-69-77-105(78-70-98)126-104-75-67-97(68-76-104)110-112(118(121(124)115(110)93-39-23-8-24-40-93)102-63-57-90(58-64-102)87-33-17-5-18-34-87)99-71-79-106(80-72-99)125-103-73-65-96(66-74-103)109-108(95-51-47-84(48-52-95)44-42-82-27-11-2-12-28-82)116(120(123)114(109)92-37-21-7-22-38-92)100-59-53-88(54-60-100)85-29-13-3-14-30-85/h1-40,45-80H. The first-order chi connectivity index (χ1) is 62.2. The van der Waals surface area contributed by atoms with Gasteiger partial charge in [-0.3, -0.25) is 14.4 Å². The van der Waals surface area contributed by atoms with Gasteiger partial charge in [0.25, 0.3) is 0 Å². The molecule has 0 spiro atoms. The Balaban J connectivity index is 0.637. The van der Waals surface area contributed by atoms with Gasteiger partial charge >= 0.3 is 0 Å². The highest BCUT2D eigenvalue weighted by Gasteiger charge is 2.39. The van der Waals surface area contributed by atoms with Crippen molar-refractivity contribution in [3.63, 3.8) is 0 Å². The Labute approximate surface area is 733 Å². The van der Waals surface area contributed by atoms with Crippen LogP contribution >= 0.6 is 0 Å². The molecule has 17 aromatic rings. The van der Waals surface area contributed by atoms with Crippen molar-refractivity contribution in [1.82, 2.24) is 0 Å². The summed E-state index contributed by atoms with van der Waals surface area (Å²) in [6.45, 7) is 0. The van der Waals surface area contributed by atoms with E-state index in [1.165, 1.54) is 0 Å². The molecule has 0 fully saturated rings. The summed E-state index contributed by atoms with van der Waals surface area (Å²) in [7, 11) is 0. The van der Waals surface area contributed by atoms with E-state index in [0.29, 0.717) is 56.4 Å². The van der Waals surface area contributed by atoms with Crippen LogP contribution in [-0.4, -0.2) is 17.3 Å². The van der Waals surface area contributed by atoms with E-state index >= 15 is 14.4 Å². The highest BCUT2D eigenvalue weighted by molar-refractivity contribution is 6.61. The Kier molecular flexibility index (Phi) is 21.5. The van der Waals surface area contributed by atoms with E-state index in [9.17, 15) is 0 Å². The maximum Gasteiger partial charge on any atom is 0.195 e. The normalized spacial score (nSPS) is 13.1. The molecule has 20 rings (SSSR count). The predicted molar refractivity (Wildman–Crippen MR) is 515 cm³/mol. The number of ketones is 3. The van der Waals surface area contributed by atoms with Crippen molar-refractivity contribution in [2.75, 3.05) is 0 Å². The average Bonchev–Trinajstić information content (AvgIpc) is 1.59. The van der Waals surface area contributed by atoms with Crippen molar-refractivity contribution in [2.24, 2.45) is 0 Å². The number of allylic oxidation sites excluding steroid dienone is 12. The predicted octanol–water partition coefficient (Wildman–Crippen LogP) is 28.4. The minimum absolute atomic E-state index is 0.0664. The molecule has 5 heteroatoms. The van der Waals surface area contributed by atoms with Crippen molar-refractivity contribution >= 4 is 84.2 Å². The molecule has 0 saturated carbocycles. The van der Waals surface area contributed by atoms with Crippen molar-refractivity contribution in [1.29, 1.82) is 0 Å². The molecule has 5 nitrogen and oxygen atoms in total. The third-order valence-electron chi connectivity index (χ3n) is 23.3. The molecule has 126 heavy (non-hydrogen) atoms. The van der Waals surface area contributed by atoms with Gasteiger partial charge in [0, 0.05) is 89.1 Å². The fourth-order valence-electron chi connectivity index (χ4n) is 17.2. The van der Waals surface area contributed by atoms with Gasteiger partial charge in [-0.15, -0.1) is 0 Å². The number of Topliss-reactive ketones (excluding diaryl/α,β-unsaturated/α-hetero) is 3. The van der Waals surface area contributed by atoms with Crippen molar-refractivity contribution in [2.45, 2.75) is 0 Å². The third-order valence-corrected chi connectivity index (χ3v) is 23.3. The van der Waals surface area contributed by atoms with Crippen LogP contribution < -0.4 is 9.47 Å². The molecule has 0 unspecified atom stereocenters. The monoisotopic (exact) mass is 1610 g/mol. The second-order valence-corrected chi connectivity index (χ2v) is 31.1. The molecule has 17 aromatic carbocycles. The quantitative estimate of drug-likeness (QED) is 0.0755. The van der Waals surface area contributed by atoms with Gasteiger partial charge in [-0.25, -0.2) is 0 Å². The lowest BCUT2D eigenvalue weighted by Crippen LogP contribution is -2.02. The zero-order valence-corrected chi connectivity index (χ0v) is 68.4. The number of hydrogen-bond acceptors (Lipinski definition) is 5. The fraction of sp³-hybridized carbons (Fsp3) is 0. The highest BCUT2D eigenvalue weighted by Crippen LogP contribution is 2.55. The number of carbonyl (C=O) groups excluding carboxylic acids is 3. The van der Waals surface area contributed by atoms with Crippen molar-refractivity contribution < 1.29 is 23.9 Å². The topological polar surface area (TPSA) is 69.7 Å². The molecule has 3 aliphatic rings. The fourth-order valence-corrected chi connectivity index (χ4v) is 17.2. The van der Waals surface area contributed by atoms with E-state index in [4.69, 9.17) is 9.47 Å². The minimum atomic E-state index is -0.101. The minimum Gasteiger partial charge on any atom is -0.457 e. The maximum atomic E-state index is 16.0. The third kappa shape index (κ3) is 15.9. The summed E-state index contributed by atoms with van der Waals surface area (Å²) < 4.78 is 13.6. The summed E-state index contributed by atoms with van der Waals surface area (Å²) >= 11 is 0. The van der Waals surface area contributed by atoms with Gasteiger partial charge in [0.2, 0.25) is 0 Å². The molecule has 0 N–H and O–H groups in total. The van der Waals surface area contributed by atoms with Gasteiger partial charge in [-0.2, -0.15) is 0 Å². The first-order valence-corrected chi connectivity index (χ1v) is 42.1. The van der Waals surface area contributed by atoms with Crippen LogP contribution in [0.5, 0.6) is 23.0 Å². The molecule has 0 atom stereocenters. The second-order valence-electron chi connectivity index (χ2n) is 31.1. The molecular weight excluding hydrogens is 1530 g/mol. The van der Waals surface area contributed by atoms with Gasteiger partial charge in [0.1, 0.15) is 23.0 Å². The van der Waals surface area contributed by atoms with Crippen LogP contribution in [0.15, 0.2) is 461 Å². The summed E-state index contributed by atoms with van der Waals surface area (Å²) in [6, 6.07) is 154. The number of rotatable bonds is 19. The number of hydrogen-bond donors (Lipinski definition) is 0. The van der Waals surface area contributed by atoms with Crippen LogP contribution in [0, 0.1) is 23.7 Å². The molecule has 0 amide bonds. The summed E-state index contributed by atoms with van der Waals surface area (Å²) in [6.07, 6.45) is 0. The number of carbonyl (C=O) groups is 3. The van der Waals surface area contributed by atoms with Crippen molar-refractivity contribution in [3.05, 3.63) is 550 Å². The van der Waals surface area contributed by atoms with Crippen LogP contribution in [0.1, 0.15) is 89.0 Å². The molecular formula is C121H76O5. The van der Waals surface area contributed by atoms with E-state index in [1.807, 2.05) is 328 Å². The molecule has 590 valence electrons. The lowest BCUT2D eigenvalue weighted by atomic mass is 9.88. The van der Waals surface area contributed by atoms with Crippen LogP contribution in [0.25, 0.3) is 100 Å². The maximum absolute atomic E-state index is 16.0. The summed E-state index contributed by atoms with van der Waals surface area (Å²) in [5, 5.41) is 0. The molecule has 0 radical (unpaired) electrons. The zero-order chi connectivity index (χ0) is 84.7. The molecule has 0 bridgehead atoms. The smallest absolute Gasteiger partial charge is 0.195 e. The molecule has 0 saturated heterocycles. The number of ether oxygens (including phenoxy) is 2. The van der Waals surface area contributed by atoms with E-state index in [0.717, 1.165) is 156 Å². The average molecular weight is 1610 g/mol. The van der Waals surface area contributed by atoms with Gasteiger partial charge < -0.3 is 9.47 Å². The summed E-state index contributed by atoms with van der Waals surface area (Å²) in [4.78, 5) is 47.3. The Morgan fingerprint density at radius 3 is 0.444 bits per heavy atom. The van der Waals surface area contributed by atoms with E-state index < -0.39 is 0 Å². The summed E-state index contributed by atoms with van der Waals surface area (Å²) in [5.74, 6) is 15.4. The highest BCUT2D eigenvalue weighted by atomic mass is 16.5. The largest absolute Gasteiger partial charge is 0.457 e. The number of benzene rings is 17. The SMILES string of the molecule is O=C1C(c2ccc(-c3ccccc3)cc2)=C(c2ccc(C#Cc3ccccc3)cc2)C(c2ccc(Oc3ccc(C4=C(c5ccc(-c6ccccc6)cc5)C(=O)C(c5ccccc5)=C4c4ccc(Oc5ccc(C6=C(c7ccc(-c8ccccc8)cc7)C(=O)C(c7ccccc7)=C6c6ccc(C#Cc7ccccc7)cc6)cc5)cc4)cc3)cc2)=C1c1ccccc1. The van der Waals surface area contributed by atoms with E-state index in [-0.39, 0.29) is 17.3 Å².